The first kappa shape index (κ1) is 20.3. The number of rotatable bonds is 6. The van der Waals surface area contributed by atoms with E-state index in [9.17, 15) is 9.59 Å². The lowest BCUT2D eigenvalue weighted by molar-refractivity contribution is 0.0601. The standard InChI is InChI=1S/C25H23NO6/c1-29-25(28)17-7-3-2-6-16(17)21-18-8-9-20(27)32-23(18)24(22-19(21)10-14-30-22)31-15-13-26-11-4-5-12-26/h2-3,6-10,14H,4-5,11-13,15H2,1H3. The predicted molar refractivity (Wildman–Crippen MR) is 120 cm³/mol. The summed E-state index contributed by atoms with van der Waals surface area (Å²) in [6.45, 7) is 3.37. The molecular weight excluding hydrogens is 410 g/mol. The normalized spacial score (nSPS) is 14.3. The van der Waals surface area contributed by atoms with Gasteiger partial charge in [-0.05, 0) is 49.7 Å². The highest BCUT2D eigenvalue weighted by Crippen LogP contribution is 2.44. The lowest BCUT2D eigenvalue weighted by atomic mass is 9.93. The average molecular weight is 433 g/mol. The lowest BCUT2D eigenvalue weighted by Gasteiger charge is -2.17. The first-order valence-corrected chi connectivity index (χ1v) is 10.7. The zero-order chi connectivity index (χ0) is 22.1. The van der Waals surface area contributed by atoms with Crippen molar-refractivity contribution in [2.45, 2.75) is 12.8 Å². The molecule has 0 N–H and O–H groups in total. The Bertz CT molecular complexity index is 1350. The molecule has 32 heavy (non-hydrogen) atoms. The Hall–Kier alpha value is -3.58. The fourth-order valence-electron chi connectivity index (χ4n) is 4.41. The fourth-order valence-corrected chi connectivity index (χ4v) is 4.41. The van der Waals surface area contributed by atoms with Crippen LogP contribution in [0.25, 0.3) is 33.1 Å². The van der Waals surface area contributed by atoms with Crippen molar-refractivity contribution < 1.29 is 23.1 Å². The molecule has 0 bridgehead atoms. The maximum atomic E-state index is 12.5. The minimum Gasteiger partial charge on any atom is -0.485 e. The van der Waals surface area contributed by atoms with E-state index in [0.717, 1.165) is 30.6 Å². The van der Waals surface area contributed by atoms with Crippen LogP contribution in [0.1, 0.15) is 23.2 Å². The second-order valence-electron chi connectivity index (χ2n) is 7.80. The number of methoxy groups -OCH3 is 1. The van der Waals surface area contributed by atoms with Gasteiger partial charge in [0.15, 0.2) is 11.2 Å². The number of likely N-dealkylation sites (tertiary alicyclic amines) is 1. The van der Waals surface area contributed by atoms with E-state index >= 15 is 0 Å². The smallest absolute Gasteiger partial charge is 0.338 e. The number of furan rings is 1. The van der Waals surface area contributed by atoms with Crippen molar-refractivity contribution in [1.82, 2.24) is 4.90 Å². The third-order valence-corrected chi connectivity index (χ3v) is 5.90. The zero-order valence-electron chi connectivity index (χ0n) is 17.8. The van der Waals surface area contributed by atoms with E-state index in [2.05, 4.69) is 4.90 Å². The van der Waals surface area contributed by atoms with Crippen molar-refractivity contribution in [3.8, 4) is 16.9 Å². The largest absolute Gasteiger partial charge is 0.485 e. The molecule has 1 aliphatic heterocycles. The number of hydrogen-bond donors (Lipinski definition) is 0. The Morgan fingerprint density at radius 2 is 1.81 bits per heavy atom. The summed E-state index contributed by atoms with van der Waals surface area (Å²) < 4.78 is 22.5. The van der Waals surface area contributed by atoms with Crippen molar-refractivity contribution in [2.75, 3.05) is 33.4 Å². The molecule has 164 valence electrons. The van der Waals surface area contributed by atoms with Crippen LogP contribution >= 0.6 is 0 Å². The summed E-state index contributed by atoms with van der Waals surface area (Å²) in [6, 6.07) is 12.1. The van der Waals surface area contributed by atoms with Crippen LogP contribution in [-0.4, -0.2) is 44.2 Å². The molecule has 5 rings (SSSR count). The molecule has 3 heterocycles. The first-order chi connectivity index (χ1) is 15.7. The minimum atomic E-state index is -0.486. The maximum absolute atomic E-state index is 12.5. The zero-order valence-corrected chi connectivity index (χ0v) is 17.8. The second-order valence-corrected chi connectivity index (χ2v) is 7.80. The summed E-state index contributed by atoms with van der Waals surface area (Å²) in [5, 5.41) is 1.42. The molecule has 7 nitrogen and oxygen atoms in total. The Labute approximate surface area is 184 Å². The Morgan fingerprint density at radius 3 is 2.62 bits per heavy atom. The molecule has 2 aromatic heterocycles. The summed E-state index contributed by atoms with van der Waals surface area (Å²) in [4.78, 5) is 26.9. The molecule has 1 saturated heterocycles. The number of nitrogens with zero attached hydrogens (tertiary/aromatic N) is 1. The van der Waals surface area contributed by atoms with Gasteiger partial charge in [-0.1, -0.05) is 18.2 Å². The quantitative estimate of drug-likeness (QED) is 0.328. The van der Waals surface area contributed by atoms with Crippen LogP contribution in [0, 0.1) is 0 Å². The third kappa shape index (κ3) is 3.54. The molecule has 0 aliphatic carbocycles. The van der Waals surface area contributed by atoms with E-state index in [0.29, 0.717) is 40.0 Å². The Kier molecular flexibility index (Phi) is 5.41. The van der Waals surface area contributed by atoms with Gasteiger partial charge in [-0.2, -0.15) is 0 Å². The molecule has 0 radical (unpaired) electrons. The van der Waals surface area contributed by atoms with Gasteiger partial charge in [0.05, 0.1) is 18.9 Å². The SMILES string of the molecule is COC(=O)c1ccccc1-c1c2ccoc2c(OCCN2CCCC2)c2oc(=O)ccc12. The van der Waals surface area contributed by atoms with Gasteiger partial charge in [-0.25, -0.2) is 9.59 Å². The molecule has 4 aromatic rings. The van der Waals surface area contributed by atoms with Gasteiger partial charge < -0.3 is 18.3 Å². The number of hydrogen-bond acceptors (Lipinski definition) is 7. The molecule has 1 fully saturated rings. The van der Waals surface area contributed by atoms with Gasteiger partial charge >= 0.3 is 11.6 Å². The van der Waals surface area contributed by atoms with Crippen molar-refractivity contribution in [3.63, 3.8) is 0 Å². The van der Waals surface area contributed by atoms with Crippen molar-refractivity contribution in [2.24, 2.45) is 0 Å². The predicted octanol–water partition coefficient (Wildman–Crippen LogP) is 4.47. The van der Waals surface area contributed by atoms with Crippen LogP contribution < -0.4 is 10.4 Å². The highest BCUT2D eigenvalue weighted by atomic mass is 16.5. The maximum Gasteiger partial charge on any atom is 0.338 e. The summed E-state index contributed by atoms with van der Waals surface area (Å²) in [5.74, 6) is -0.0510. The molecule has 0 unspecified atom stereocenters. The Balaban J connectivity index is 1.70. The van der Waals surface area contributed by atoms with Gasteiger partial charge in [-0.15, -0.1) is 0 Å². The van der Waals surface area contributed by atoms with Gasteiger partial charge in [0.1, 0.15) is 6.61 Å². The number of benzene rings is 2. The summed E-state index contributed by atoms with van der Waals surface area (Å²) >= 11 is 0. The third-order valence-electron chi connectivity index (χ3n) is 5.90. The summed E-state index contributed by atoms with van der Waals surface area (Å²) in [7, 11) is 1.35. The topological polar surface area (TPSA) is 82.1 Å². The van der Waals surface area contributed by atoms with E-state index in [-0.39, 0.29) is 0 Å². The first-order valence-electron chi connectivity index (χ1n) is 10.7. The molecule has 0 spiro atoms. The Morgan fingerprint density at radius 1 is 1.03 bits per heavy atom. The van der Waals surface area contributed by atoms with E-state index in [1.54, 1.807) is 24.5 Å². The summed E-state index contributed by atoms with van der Waals surface area (Å²) in [5.41, 5.74) is 2.08. The van der Waals surface area contributed by atoms with Crippen molar-refractivity contribution in [1.29, 1.82) is 0 Å². The van der Waals surface area contributed by atoms with Crippen LogP contribution in [0.5, 0.6) is 5.75 Å². The van der Waals surface area contributed by atoms with Crippen LogP contribution in [0.3, 0.4) is 0 Å². The van der Waals surface area contributed by atoms with Crippen LogP contribution in [0.4, 0.5) is 0 Å². The molecule has 0 atom stereocenters. The van der Waals surface area contributed by atoms with Crippen LogP contribution in [0.15, 0.2) is 62.4 Å². The van der Waals surface area contributed by atoms with E-state index in [1.165, 1.54) is 26.0 Å². The van der Waals surface area contributed by atoms with Gasteiger partial charge in [0.25, 0.3) is 0 Å². The lowest BCUT2D eigenvalue weighted by Crippen LogP contribution is -2.25. The van der Waals surface area contributed by atoms with Crippen molar-refractivity contribution in [3.05, 3.63) is 64.7 Å². The molecular formula is C25H23NO6. The fraction of sp³-hybridized carbons (Fsp3) is 0.280. The molecule has 1 aliphatic rings. The van der Waals surface area contributed by atoms with Gasteiger partial charge in [-0.3, -0.25) is 4.90 Å². The number of ether oxygens (including phenoxy) is 2. The second kappa shape index (κ2) is 8.51. The van der Waals surface area contributed by atoms with Gasteiger partial charge in [0, 0.05) is 28.9 Å². The number of esters is 1. The van der Waals surface area contributed by atoms with Crippen LogP contribution in [0.2, 0.25) is 0 Å². The van der Waals surface area contributed by atoms with E-state index < -0.39 is 11.6 Å². The van der Waals surface area contributed by atoms with Crippen LogP contribution in [-0.2, 0) is 4.74 Å². The average Bonchev–Trinajstić information content (AvgIpc) is 3.50. The number of carbonyl (C=O) groups is 1. The number of carbonyl (C=O) groups excluding carboxylic acids is 1. The molecule has 0 saturated carbocycles. The molecule has 7 heteroatoms. The van der Waals surface area contributed by atoms with E-state index in [4.69, 9.17) is 18.3 Å². The van der Waals surface area contributed by atoms with Gasteiger partial charge in [0.2, 0.25) is 5.75 Å². The van der Waals surface area contributed by atoms with Crippen molar-refractivity contribution >= 4 is 27.9 Å². The molecule has 0 amide bonds. The number of fused-ring (bicyclic) bond motifs is 2. The highest BCUT2D eigenvalue weighted by Gasteiger charge is 2.24. The minimum absolute atomic E-state index is 0.302. The van der Waals surface area contributed by atoms with E-state index in [1.807, 2.05) is 18.2 Å². The monoisotopic (exact) mass is 433 g/mol. The molecule has 2 aromatic carbocycles. The summed E-state index contributed by atoms with van der Waals surface area (Å²) in [6.07, 6.45) is 3.97. The highest BCUT2D eigenvalue weighted by molar-refractivity contribution is 6.16.